The third kappa shape index (κ3) is 1.18. The van der Waals surface area contributed by atoms with Gasteiger partial charge in [-0.3, -0.25) is 0 Å². The quantitative estimate of drug-likeness (QED) is 0.571. The molecule has 1 unspecified atom stereocenters. The number of ether oxygens (including phenoxy) is 1. The van der Waals surface area contributed by atoms with Crippen LogP contribution in [-0.4, -0.2) is 43.3 Å². The van der Waals surface area contributed by atoms with E-state index in [9.17, 15) is 4.79 Å². The lowest BCUT2D eigenvalue weighted by molar-refractivity contribution is 0.150. The fraction of sp³-hybridized carbons (Fsp3) is 0.857. The van der Waals surface area contributed by atoms with Gasteiger partial charge < -0.3 is 15.0 Å². The molecule has 2 aliphatic heterocycles. The molecule has 1 N–H and O–H groups in total. The minimum absolute atomic E-state index is 0.140. The molecular formula is C7H12N2O2. The average molecular weight is 156 g/mol. The maximum Gasteiger partial charge on any atom is 0.410 e. The van der Waals surface area contributed by atoms with Gasteiger partial charge in [-0.1, -0.05) is 0 Å². The van der Waals surface area contributed by atoms with E-state index in [0.717, 1.165) is 26.1 Å². The number of nitrogens with zero attached hydrogens (tertiary/aromatic N) is 1. The van der Waals surface area contributed by atoms with Crippen LogP contribution in [0.5, 0.6) is 0 Å². The van der Waals surface area contributed by atoms with Crippen molar-refractivity contribution in [3.05, 3.63) is 0 Å². The van der Waals surface area contributed by atoms with Crippen LogP contribution in [0.3, 0.4) is 0 Å². The first-order valence-corrected chi connectivity index (χ1v) is 4.02. The Hall–Kier alpha value is -0.770. The fourth-order valence-electron chi connectivity index (χ4n) is 1.64. The molecule has 0 aromatic rings. The van der Waals surface area contributed by atoms with Gasteiger partial charge in [-0.2, -0.15) is 0 Å². The SMILES string of the molecule is O=C1OCCN1C1CCNC1. The summed E-state index contributed by atoms with van der Waals surface area (Å²) in [6.07, 6.45) is 0.924. The summed E-state index contributed by atoms with van der Waals surface area (Å²) in [5, 5.41) is 3.22. The molecule has 0 aromatic heterocycles. The Morgan fingerprint density at radius 3 is 3.09 bits per heavy atom. The summed E-state index contributed by atoms with van der Waals surface area (Å²) in [5.74, 6) is 0. The highest BCUT2D eigenvalue weighted by atomic mass is 16.6. The molecule has 0 radical (unpaired) electrons. The van der Waals surface area contributed by atoms with Crippen molar-refractivity contribution in [3.8, 4) is 0 Å². The largest absolute Gasteiger partial charge is 0.448 e. The maximum atomic E-state index is 11.0. The lowest BCUT2D eigenvalue weighted by Gasteiger charge is -2.19. The molecule has 1 amide bonds. The van der Waals surface area contributed by atoms with E-state index in [1.165, 1.54) is 0 Å². The van der Waals surface area contributed by atoms with Gasteiger partial charge in [-0.15, -0.1) is 0 Å². The summed E-state index contributed by atoms with van der Waals surface area (Å²) in [4.78, 5) is 12.9. The Bertz CT molecular complexity index is 166. The second kappa shape index (κ2) is 2.70. The molecule has 0 spiro atoms. The van der Waals surface area contributed by atoms with Gasteiger partial charge in [0.25, 0.3) is 0 Å². The van der Waals surface area contributed by atoms with Crippen molar-refractivity contribution in [1.29, 1.82) is 0 Å². The predicted molar refractivity (Wildman–Crippen MR) is 39.3 cm³/mol. The molecule has 0 saturated carbocycles. The molecule has 4 heteroatoms. The normalized spacial score (nSPS) is 31.1. The Balaban J connectivity index is 1.97. The molecule has 62 valence electrons. The second-order valence-corrected chi connectivity index (χ2v) is 2.95. The number of cyclic esters (lactones) is 1. The van der Waals surface area contributed by atoms with E-state index in [1.807, 2.05) is 4.90 Å². The standard InChI is InChI=1S/C7H12N2O2/c10-7-9(3-4-11-7)6-1-2-8-5-6/h6,8H,1-5H2. The van der Waals surface area contributed by atoms with Crippen molar-refractivity contribution in [2.24, 2.45) is 0 Å². The molecule has 2 aliphatic rings. The highest BCUT2D eigenvalue weighted by Crippen LogP contribution is 2.13. The second-order valence-electron chi connectivity index (χ2n) is 2.95. The van der Waals surface area contributed by atoms with Gasteiger partial charge in [0.05, 0.1) is 6.54 Å². The number of carbonyl (C=O) groups is 1. The van der Waals surface area contributed by atoms with E-state index in [0.29, 0.717) is 12.6 Å². The summed E-state index contributed by atoms with van der Waals surface area (Å²) < 4.78 is 4.84. The number of hydrogen-bond acceptors (Lipinski definition) is 3. The van der Waals surface area contributed by atoms with Gasteiger partial charge in [-0.25, -0.2) is 4.79 Å². The minimum atomic E-state index is -0.140. The van der Waals surface area contributed by atoms with Crippen molar-refractivity contribution in [2.45, 2.75) is 12.5 Å². The molecular weight excluding hydrogens is 144 g/mol. The van der Waals surface area contributed by atoms with Gasteiger partial charge >= 0.3 is 6.09 Å². The lowest BCUT2D eigenvalue weighted by atomic mass is 10.2. The summed E-state index contributed by atoms with van der Waals surface area (Å²) in [5.41, 5.74) is 0. The van der Waals surface area contributed by atoms with Crippen LogP contribution in [0.15, 0.2) is 0 Å². The van der Waals surface area contributed by atoms with Crippen LogP contribution >= 0.6 is 0 Å². The van der Waals surface area contributed by atoms with E-state index in [4.69, 9.17) is 4.74 Å². The van der Waals surface area contributed by atoms with Gasteiger partial charge in [0.15, 0.2) is 0 Å². The highest BCUT2D eigenvalue weighted by Gasteiger charge is 2.31. The summed E-state index contributed by atoms with van der Waals surface area (Å²) in [7, 11) is 0. The van der Waals surface area contributed by atoms with E-state index >= 15 is 0 Å². The Labute approximate surface area is 65.5 Å². The molecule has 4 nitrogen and oxygen atoms in total. The van der Waals surface area contributed by atoms with E-state index < -0.39 is 0 Å². The van der Waals surface area contributed by atoms with E-state index in [1.54, 1.807) is 0 Å². The number of hydrogen-bond donors (Lipinski definition) is 1. The van der Waals surface area contributed by atoms with Crippen LogP contribution in [0, 0.1) is 0 Å². The molecule has 2 heterocycles. The van der Waals surface area contributed by atoms with E-state index in [-0.39, 0.29) is 6.09 Å². The van der Waals surface area contributed by atoms with Gasteiger partial charge in [0, 0.05) is 12.6 Å². The Morgan fingerprint density at radius 1 is 1.64 bits per heavy atom. The van der Waals surface area contributed by atoms with Crippen molar-refractivity contribution >= 4 is 6.09 Å². The summed E-state index contributed by atoms with van der Waals surface area (Å²) in [6.45, 7) is 3.28. The number of amides is 1. The lowest BCUT2D eigenvalue weighted by Crippen LogP contribution is -2.37. The smallest absolute Gasteiger partial charge is 0.410 e. The zero-order valence-electron chi connectivity index (χ0n) is 6.38. The molecule has 2 saturated heterocycles. The number of nitrogens with one attached hydrogen (secondary N) is 1. The first kappa shape index (κ1) is 6.91. The number of rotatable bonds is 1. The third-order valence-electron chi connectivity index (χ3n) is 2.27. The number of carbonyl (C=O) groups excluding carboxylic acids is 1. The summed E-state index contributed by atoms with van der Waals surface area (Å²) >= 11 is 0. The third-order valence-corrected chi connectivity index (χ3v) is 2.27. The van der Waals surface area contributed by atoms with Crippen molar-refractivity contribution in [2.75, 3.05) is 26.2 Å². The molecule has 2 fully saturated rings. The Kier molecular flexibility index (Phi) is 1.69. The van der Waals surface area contributed by atoms with Crippen molar-refractivity contribution in [1.82, 2.24) is 10.2 Å². The zero-order chi connectivity index (χ0) is 7.68. The molecule has 0 aliphatic carbocycles. The Morgan fingerprint density at radius 2 is 2.55 bits per heavy atom. The monoisotopic (exact) mass is 156 g/mol. The van der Waals surface area contributed by atoms with Gasteiger partial charge in [0.1, 0.15) is 6.61 Å². The van der Waals surface area contributed by atoms with Crippen LogP contribution in [0.25, 0.3) is 0 Å². The van der Waals surface area contributed by atoms with E-state index in [2.05, 4.69) is 5.32 Å². The molecule has 0 bridgehead atoms. The van der Waals surface area contributed by atoms with Crippen molar-refractivity contribution < 1.29 is 9.53 Å². The minimum Gasteiger partial charge on any atom is -0.448 e. The van der Waals surface area contributed by atoms with Crippen LogP contribution in [0.4, 0.5) is 4.79 Å². The highest BCUT2D eigenvalue weighted by molar-refractivity contribution is 5.69. The first-order chi connectivity index (χ1) is 5.38. The zero-order valence-corrected chi connectivity index (χ0v) is 6.38. The first-order valence-electron chi connectivity index (χ1n) is 4.02. The predicted octanol–water partition coefficient (Wildman–Crippen LogP) is -0.200. The van der Waals surface area contributed by atoms with Gasteiger partial charge in [0.2, 0.25) is 0 Å². The van der Waals surface area contributed by atoms with Gasteiger partial charge in [-0.05, 0) is 13.0 Å². The maximum absolute atomic E-state index is 11.0. The van der Waals surface area contributed by atoms with Crippen LogP contribution in [-0.2, 0) is 4.74 Å². The van der Waals surface area contributed by atoms with Crippen LogP contribution in [0.1, 0.15) is 6.42 Å². The topological polar surface area (TPSA) is 41.6 Å². The van der Waals surface area contributed by atoms with Crippen LogP contribution in [0.2, 0.25) is 0 Å². The molecule has 2 rings (SSSR count). The fourth-order valence-corrected chi connectivity index (χ4v) is 1.64. The van der Waals surface area contributed by atoms with Crippen molar-refractivity contribution in [3.63, 3.8) is 0 Å². The molecule has 11 heavy (non-hydrogen) atoms. The molecule has 1 atom stereocenters. The van der Waals surface area contributed by atoms with Crippen LogP contribution < -0.4 is 5.32 Å². The molecule has 0 aromatic carbocycles. The summed E-state index contributed by atoms with van der Waals surface area (Å²) in [6, 6.07) is 0.380. The average Bonchev–Trinajstić information content (AvgIpc) is 2.55.